The van der Waals surface area contributed by atoms with Gasteiger partial charge >= 0.3 is 5.97 Å². The fourth-order valence-electron chi connectivity index (χ4n) is 5.95. The molecule has 1 saturated carbocycles. The Morgan fingerprint density at radius 2 is 1.85 bits per heavy atom. The number of carbonyl (C=O) groups is 1. The summed E-state index contributed by atoms with van der Waals surface area (Å²) in [5.41, 5.74) is 5.72. The van der Waals surface area contributed by atoms with E-state index in [2.05, 4.69) is 23.3 Å². The molecular formula is C32H35N5O4. The van der Waals surface area contributed by atoms with E-state index in [1.54, 1.807) is 6.20 Å². The van der Waals surface area contributed by atoms with Gasteiger partial charge in [0.05, 0.1) is 29.6 Å². The lowest BCUT2D eigenvalue weighted by Gasteiger charge is -2.32. The van der Waals surface area contributed by atoms with Crippen molar-refractivity contribution in [1.82, 2.24) is 19.4 Å². The molecule has 1 atom stereocenters. The average molecular weight is 554 g/mol. The highest BCUT2D eigenvalue weighted by Crippen LogP contribution is 2.32. The summed E-state index contributed by atoms with van der Waals surface area (Å²) in [5, 5.41) is 27.4. The molecule has 1 fully saturated rings. The van der Waals surface area contributed by atoms with Gasteiger partial charge in [0.1, 0.15) is 0 Å². The summed E-state index contributed by atoms with van der Waals surface area (Å²) in [6, 6.07) is 17.8. The number of hydrogen-bond donors (Lipinski definition) is 1. The number of fused-ring (bicyclic) bond motifs is 1. The summed E-state index contributed by atoms with van der Waals surface area (Å²) in [4.78, 5) is 25.6. The van der Waals surface area contributed by atoms with Crippen molar-refractivity contribution < 1.29 is 14.6 Å². The molecule has 0 spiro atoms. The molecule has 2 aromatic carbocycles. The maximum absolute atomic E-state index is 14.2. The largest absolute Gasteiger partial charge is 0.479 e. The molecule has 0 aliphatic heterocycles. The van der Waals surface area contributed by atoms with Crippen LogP contribution in [0.5, 0.6) is 0 Å². The molecule has 2 aromatic heterocycles. The van der Waals surface area contributed by atoms with Crippen LogP contribution in [0, 0.1) is 11.3 Å². The van der Waals surface area contributed by atoms with Crippen molar-refractivity contribution in [3.8, 4) is 17.2 Å². The Balaban J connectivity index is 1.46. The zero-order chi connectivity index (χ0) is 28.9. The van der Waals surface area contributed by atoms with Crippen LogP contribution in [0.25, 0.3) is 16.8 Å². The van der Waals surface area contributed by atoms with Gasteiger partial charge in [-0.25, -0.2) is 9.31 Å². The van der Waals surface area contributed by atoms with E-state index >= 15 is 0 Å². The molecule has 4 aromatic rings. The molecule has 212 valence electrons. The van der Waals surface area contributed by atoms with Gasteiger partial charge in [0.15, 0.2) is 11.8 Å². The van der Waals surface area contributed by atoms with E-state index in [1.165, 1.54) is 0 Å². The molecule has 1 unspecified atom stereocenters. The first-order valence-corrected chi connectivity index (χ1v) is 14.4. The minimum absolute atomic E-state index is 0.0245. The second kappa shape index (κ2) is 12.5. The fourth-order valence-corrected chi connectivity index (χ4v) is 5.95. The highest BCUT2D eigenvalue weighted by Gasteiger charge is 2.30. The van der Waals surface area contributed by atoms with Crippen LogP contribution < -0.4 is 5.56 Å². The molecule has 1 N–H and O–H groups in total. The molecule has 1 aliphatic rings. The van der Waals surface area contributed by atoms with Crippen LogP contribution in [0.3, 0.4) is 0 Å². The third kappa shape index (κ3) is 5.79. The van der Waals surface area contributed by atoms with E-state index in [9.17, 15) is 20.0 Å². The molecular weight excluding hydrogens is 518 g/mol. The van der Waals surface area contributed by atoms with Crippen molar-refractivity contribution in [1.29, 1.82) is 5.26 Å². The predicted octanol–water partition coefficient (Wildman–Crippen LogP) is 5.34. The Bertz CT molecular complexity index is 1620. The maximum atomic E-state index is 14.2. The molecule has 2 heterocycles. The number of hydrogen-bond acceptors (Lipinski definition) is 6. The first-order valence-electron chi connectivity index (χ1n) is 14.4. The Labute approximate surface area is 239 Å². The van der Waals surface area contributed by atoms with E-state index < -0.39 is 12.1 Å². The zero-order valence-corrected chi connectivity index (χ0v) is 23.5. The molecule has 0 bridgehead atoms. The number of nitriles is 1. The van der Waals surface area contributed by atoms with Crippen LogP contribution in [0.2, 0.25) is 0 Å². The number of nitrogens with zero attached hydrogens (tertiary/aromatic N) is 5. The Morgan fingerprint density at radius 3 is 2.51 bits per heavy atom. The van der Waals surface area contributed by atoms with E-state index in [0.29, 0.717) is 61.7 Å². The number of carboxylic acids is 1. The number of aliphatic carboxylic acids is 1. The van der Waals surface area contributed by atoms with E-state index in [1.807, 2.05) is 64.5 Å². The van der Waals surface area contributed by atoms with Gasteiger partial charge in [-0.15, -0.1) is 5.10 Å². The van der Waals surface area contributed by atoms with Gasteiger partial charge in [-0.3, -0.25) is 9.36 Å². The summed E-state index contributed by atoms with van der Waals surface area (Å²) < 4.78 is 9.53. The predicted molar refractivity (Wildman–Crippen MR) is 155 cm³/mol. The zero-order valence-electron chi connectivity index (χ0n) is 23.5. The Kier molecular flexibility index (Phi) is 8.60. The van der Waals surface area contributed by atoms with Crippen LogP contribution in [-0.2, 0) is 22.4 Å². The molecule has 9 heteroatoms. The quantitative estimate of drug-likeness (QED) is 0.281. The van der Waals surface area contributed by atoms with Crippen LogP contribution in [0.15, 0.2) is 59.5 Å². The summed E-state index contributed by atoms with van der Waals surface area (Å²) in [6.45, 7) is 3.90. The first kappa shape index (κ1) is 28.2. The number of aromatic nitrogens is 4. The van der Waals surface area contributed by atoms with Crippen LogP contribution in [-0.4, -0.2) is 42.7 Å². The van der Waals surface area contributed by atoms with Crippen molar-refractivity contribution in [2.45, 2.75) is 83.5 Å². The smallest absolute Gasteiger partial charge is 0.332 e. The van der Waals surface area contributed by atoms with Gasteiger partial charge in [0.25, 0.3) is 5.56 Å². The molecule has 0 radical (unpaired) electrons. The lowest BCUT2D eigenvalue weighted by atomic mass is 9.92. The van der Waals surface area contributed by atoms with Crippen LogP contribution in [0.4, 0.5) is 0 Å². The summed E-state index contributed by atoms with van der Waals surface area (Å²) in [5.74, 6) is -0.934. The standard InChI is InChI=1S/C32H35N5O4/c1-3-7-28-27(18-21-10-12-22(13-11-21)26-9-6-5-8-23(26)19-33)31(38)36(30-20-34-35-37(28)30)24-14-16-25(17-15-24)41-29(4-2)32(39)40/h5-6,8-13,20,24-25,29H,3-4,7,14-18H2,1-2H3,(H,39,40)/t24-,25-,29?. The van der Waals surface area contributed by atoms with E-state index in [-0.39, 0.29) is 17.7 Å². The maximum Gasteiger partial charge on any atom is 0.332 e. The SMILES string of the molecule is CCCc1c(Cc2ccc(-c3ccccc3C#N)cc2)c(=O)n([C@H]2CC[C@H](OC(CC)C(=O)O)CC2)c2cnnn12. The van der Waals surface area contributed by atoms with Gasteiger partial charge < -0.3 is 9.84 Å². The summed E-state index contributed by atoms with van der Waals surface area (Å²) in [6.07, 6.45) is 5.96. The molecule has 41 heavy (non-hydrogen) atoms. The van der Waals surface area contributed by atoms with Crippen LogP contribution >= 0.6 is 0 Å². The minimum atomic E-state index is -0.934. The van der Waals surface area contributed by atoms with Gasteiger partial charge in [-0.1, -0.05) is 67.9 Å². The van der Waals surface area contributed by atoms with E-state index in [0.717, 1.165) is 28.8 Å². The lowest BCUT2D eigenvalue weighted by molar-refractivity contribution is -0.156. The molecule has 9 nitrogen and oxygen atoms in total. The number of benzene rings is 2. The second-order valence-corrected chi connectivity index (χ2v) is 10.7. The second-order valence-electron chi connectivity index (χ2n) is 10.7. The summed E-state index contributed by atoms with van der Waals surface area (Å²) in [7, 11) is 0. The first-order chi connectivity index (χ1) is 19.9. The number of aryl methyl sites for hydroxylation is 1. The molecule has 1 aliphatic carbocycles. The van der Waals surface area contributed by atoms with Crippen molar-refractivity contribution in [2.75, 3.05) is 0 Å². The molecule has 5 rings (SSSR count). The van der Waals surface area contributed by atoms with Crippen molar-refractivity contribution in [3.63, 3.8) is 0 Å². The number of rotatable bonds is 10. The Hall–Kier alpha value is -4.29. The van der Waals surface area contributed by atoms with Crippen molar-refractivity contribution in [2.24, 2.45) is 0 Å². The average Bonchev–Trinajstić information content (AvgIpc) is 3.48. The third-order valence-corrected chi connectivity index (χ3v) is 8.05. The van der Waals surface area contributed by atoms with Crippen molar-refractivity contribution >= 4 is 11.6 Å². The van der Waals surface area contributed by atoms with E-state index in [4.69, 9.17) is 4.74 Å². The third-order valence-electron chi connectivity index (χ3n) is 8.05. The molecule has 0 saturated heterocycles. The highest BCUT2D eigenvalue weighted by atomic mass is 16.5. The molecule has 0 amide bonds. The number of carboxylic acid groups (broad SMARTS) is 1. The Morgan fingerprint density at radius 1 is 1.12 bits per heavy atom. The van der Waals surface area contributed by atoms with Gasteiger partial charge in [0.2, 0.25) is 0 Å². The van der Waals surface area contributed by atoms with Crippen LogP contribution in [0.1, 0.15) is 80.8 Å². The van der Waals surface area contributed by atoms with Crippen molar-refractivity contribution in [3.05, 3.63) is 87.5 Å². The highest BCUT2D eigenvalue weighted by molar-refractivity contribution is 5.72. The number of ether oxygens (including phenoxy) is 1. The fraction of sp³-hybridized carbons (Fsp3) is 0.406. The minimum Gasteiger partial charge on any atom is -0.479 e. The normalized spacial score (nSPS) is 17.8. The lowest BCUT2D eigenvalue weighted by Crippen LogP contribution is -2.36. The monoisotopic (exact) mass is 553 g/mol. The van der Waals surface area contributed by atoms with Gasteiger partial charge in [0, 0.05) is 18.0 Å². The topological polar surface area (TPSA) is 123 Å². The summed E-state index contributed by atoms with van der Waals surface area (Å²) >= 11 is 0. The van der Waals surface area contributed by atoms with Gasteiger partial charge in [-0.2, -0.15) is 5.26 Å². The van der Waals surface area contributed by atoms with Gasteiger partial charge in [-0.05, 0) is 61.3 Å².